The Balaban J connectivity index is 2.45. The van der Waals surface area contributed by atoms with Crippen molar-refractivity contribution in [1.29, 1.82) is 0 Å². The van der Waals surface area contributed by atoms with E-state index in [9.17, 15) is 0 Å². The number of aromatic nitrogens is 2. The zero-order valence-corrected chi connectivity index (χ0v) is 9.33. The lowest BCUT2D eigenvalue weighted by Crippen LogP contribution is -2.30. The third kappa shape index (κ3) is 1.43. The topological polar surface area (TPSA) is 29.9 Å². The number of fused-ring (bicyclic) bond motifs is 1. The fraction of sp³-hybridized carbons (Fsp3) is 0.667. The molecule has 1 aliphatic rings. The quantitative estimate of drug-likeness (QED) is 0.690. The van der Waals surface area contributed by atoms with E-state index < -0.39 is 0 Å². The largest absolute Gasteiger partial charge is 0.380 e. The molecule has 0 saturated heterocycles. The minimum atomic E-state index is 0.271. The van der Waals surface area contributed by atoms with Gasteiger partial charge in [0.05, 0.1) is 11.4 Å². The fourth-order valence-corrected chi connectivity index (χ4v) is 2.72. The molecule has 1 aromatic rings. The van der Waals surface area contributed by atoms with Gasteiger partial charge in [-0.2, -0.15) is 5.10 Å². The summed E-state index contributed by atoms with van der Waals surface area (Å²) in [6.07, 6.45) is 0. The van der Waals surface area contributed by atoms with Crippen molar-refractivity contribution in [2.24, 2.45) is 7.05 Å². The van der Waals surface area contributed by atoms with Gasteiger partial charge in [-0.25, -0.2) is 0 Å². The Bertz CT molecular complexity index is 341. The van der Waals surface area contributed by atoms with Gasteiger partial charge in [0.1, 0.15) is 5.03 Å². The van der Waals surface area contributed by atoms with Crippen LogP contribution in [0.5, 0.6) is 0 Å². The van der Waals surface area contributed by atoms with Gasteiger partial charge in [-0.15, -0.1) is 0 Å². The summed E-state index contributed by atoms with van der Waals surface area (Å²) < 4.78 is 2.23. The lowest BCUT2D eigenvalue weighted by atomic mass is 10.2. The molecule has 0 saturated carbocycles. The Labute approximate surface area is 82.9 Å². The predicted octanol–water partition coefficient (Wildman–Crippen LogP) is 2.02. The first-order chi connectivity index (χ1) is 5.99. The highest BCUT2D eigenvalue weighted by Crippen LogP contribution is 2.42. The molecule has 0 unspecified atom stereocenters. The molecule has 2 rings (SSSR count). The molecule has 3 nitrogen and oxygen atoms in total. The van der Waals surface area contributed by atoms with Crippen LogP contribution in [0.4, 0.5) is 5.69 Å². The second-order valence-corrected chi connectivity index (χ2v) is 5.80. The first-order valence-corrected chi connectivity index (χ1v) is 5.28. The summed E-state index contributed by atoms with van der Waals surface area (Å²) in [5, 5.41) is 9.09. The van der Waals surface area contributed by atoms with Crippen molar-refractivity contribution in [2.45, 2.75) is 30.5 Å². The molecule has 0 fully saturated rings. The zero-order valence-electron chi connectivity index (χ0n) is 8.51. The molecule has 0 radical (unpaired) electrons. The van der Waals surface area contributed by atoms with Gasteiger partial charge in [-0.05, 0) is 20.8 Å². The van der Waals surface area contributed by atoms with Crippen molar-refractivity contribution >= 4 is 17.4 Å². The Kier molecular flexibility index (Phi) is 1.84. The average molecular weight is 197 g/mol. The summed E-state index contributed by atoms with van der Waals surface area (Å²) >= 11 is 1.90. The number of hydrogen-bond donors (Lipinski definition) is 1. The number of thioether (sulfide) groups is 1. The number of anilines is 1. The predicted molar refractivity (Wildman–Crippen MR) is 56.4 cm³/mol. The first kappa shape index (κ1) is 8.94. The molecule has 13 heavy (non-hydrogen) atoms. The highest BCUT2D eigenvalue weighted by molar-refractivity contribution is 8.00. The van der Waals surface area contributed by atoms with Crippen LogP contribution in [0.3, 0.4) is 0 Å². The smallest absolute Gasteiger partial charge is 0.118 e. The van der Waals surface area contributed by atoms with E-state index in [1.165, 1.54) is 10.7 Å². The van der Waals surface area contributed by atoms with E-state index in [1.54, 1.807) is 0 Å². The summed E-state index contributed by atoms with van der Waals surface area (Å²) in [5.74, 6) is 0. The highest BCUT2D eigenvalue weighted by atomic mass is 32.2. The molecule has 1 aromatic heterocycles. The number of rotatable bonds is 0. The van der Waals surface area contributed by atoms with E-state index in [4.69, 9.17) is 0 Å². The Morgan fingerprint density at radius 2 is 2.23 bits per heavy atom. The van der Waals surface area contributed by atoms with E-state index in [0.717, 1.165) is 12.2 Å². The molecule has 0 spiro atoms. The molecule has 0 amide bonds. The van der Waals surface area contributed by atoms with Gasteiger partial charge in [0, 0.05) is 18.3 Å². The molecule has 4 heteroatoms. The van der Waals surface area contributed by atoms with Crippen LogP contribution >= 0.6 is 11.8 Å². The maximum atomic E-state index is 4.39. The molecule has 2 heterocycles. The van der Waals surface area contributed by atoms with Crippen LogP contribution in [0.25, 0.3) is 0 Å². The van der Waals surface area contributed by atoms with Gasteiger partial charge < -0.3 is 5.32 Å². The minimum Gasteiger partial charge on any atom is -0.380 e. The Hall–Kier alpha value is -0.640. The normalized spacial score (nSPS) is 19.4. The fourth-order valence-electron chi connectivity index (χ4n) is 1.56. The molecular weight excluding hydrogens is 182 g/mol. The molecule has 0 aliphatic carbocycles. The second-order valence-electron chi connectivity index (χ2n) is 4.10. The molecular formula is C9H15N3S. The monoisotopic (exact) mass is 197 g/mol. The third-order valence-corrected chi connectivity index (χ3v) is 3.59. The van der Waals surface area contributed by atoms with Crippen molar-refractivity contribution in [3.05, 3.63) is 5.69 Å². The van der Waals surface area contributed by atoms with Crippen molar-refractivity contribution in [3.8, 4) is 0 Å². The molecule has 72 valence electrons. The number of aryl methyl sites for hydroxylation is 2. The molecule has 1 N–H and O–H groups in total. The first-order valence-electron chi connectivity index (χ1n) is 4.46. The summed E-state index contributed by atoms with van der Waals surface area (Å²) in [5.41, 5.74) is 2.31. The molecule has 0 bridgehead atoms. The van der Waals surface area contributed by atoms with E-state index in [1.807, 2.05) is 30.4 Å². The van der Waals surface area contributed by atoms with E-state index >= 15 is 0 Å². The maximum absolute atomic E-state index is 4.39. The standard InChI is InChI=1S/C9H15N3S/c1-6-7-8(12(4)11-6)13-9(2,3)5-10-7/h10H,5H2,1-4H3. The van der Waals surface area contributed by atoms with Gasteiger partial charge >= 0.3 is 0 Å². The number of nitrogens with one attached hydrogen (secondary N) is 1. The maximum Gasteiger partial charge on any atom is 0.118 e. The van der Waals surface area contributed by atoms with Crippen LogP contribution in [0, 0.1) is 6.92 Å². The Morgan fingerprint density at radius 3 is 2.92 bits per heavy atom. The van der Waals surface area contributed by atoms with Crippen molar-refractivity contribution < 1.29 is 0 Å². The molecule has 1 aliphatic heterocycles. The van der Waals surface area contributed by atoms with Gasteiger partial charge in [0.25, 0.3) is 0 Å². The summed E-state index contributed by atoms with van der Waals surface area (Å²) in [6, 6.07) is 0. The van der Waals surface area contributed by atoms with Crippen LogP contribution in [0.2, 0.25) is 0 Å². The summed E-state index contributed by atoms with van der Waals surface area (Å²) in [4.78, 5) is 0. The van der Waals surface area contributed by atoms with Crippen molar-refractivity contribution in [2.75, 3.05) is 11.9 Å². The van der Waals surface area contributed by atoms with Crippen molar-refractivity contribution in [3.63, 3.8) is 0 Å². The lowest BCUT2D eigenvalue weighted by molar-refractivity contribution is 0.671. The SMILES string of the molecule is Cc1nn(C)c2c1NCC(C)(C)S2. The van der Waals surface area contributed by atoms with Crippen LogP contribution < -0.4 is 5.32 Å². The van der Waals surface area contributed by atoms with Crippen LogP contribution in [0.15, 0.2) is 5.03 Å². The average Bonchev–Trinajstić information content (AvgIpc) is 2.26. The second kappa shape index (κ2) is 2.67. The van der Waals surface area contributed by atoms with Crippen molar-refractivity contribution in [1.82, 2.24) is 9.78 Å². The molecule has 0 aromatic carbocycles. The van der Waals surface area contributed by atoms with E-state index in [2.05, 4.69) is 24.3 Å². The molecule has 0 atom stereocenters. The number of nitrogens with zero attached hydrogens (tertiary/aromatic N) is 2. The van der Waals surface area contributed by atoms with E-state index in [0.29, 0.717) is 0 Å². The summed E-state index contributed by atoms with van der Waals surface area (Å²) in [7, 11) is 2.00. The van der Waals surface area contributed by atoms with Crippen LogP contribution in [-0.4, -0.2) is 21.1 Å². The van der Waals surface area contributed by atoms with Gasteiger partial charge in [0.2, 0.25) is 0 Å². The number of hydrogen-bond acceptors (Lipinski definition) is 3. The Morgan fingerprint density at radius 1 is 1.54 bits per heavy atom. The summed E-state index contributed by atoms with van der Waals surface area (Å²) in [6.45, 7) is 7.55. The van der Waals surface area contributed by atoms with Crippen LogP contribution in [-0.2, 0) is 7.05 Å². The highest BCUT2D eigenvalue weighted by Gasteiger charge is 2.29. The lowest BCUT2D eigenvalue weighted by Gasteiger charge is -2.30. The van der Waals surface area contributed by atoms with E-state index in [-0.39, 0.29) is 4.75 Å². The minimum absolute atomic E-state index is 0.271. The third-order valence-electron chi connectivity index (χ3n) is 2.23. The van der Waals surface area contributed by atoms with Gasteiger partial charge in [-0.3, -0.25) is 4.68 Å². The van der Waals surface area contributed by atoms with Gasteiger partial charge in [0.15, 0.2) is 0 Å². The van der Waals surface area contributed by atoms with Crippen LogP contribution in [0.1, 0.15) is 19.5 Å². The zero-order chi connectivity index (χ0) is 9.64. The van der Waals surface area contributed by atoms with Gasteiger partial charge in [-0.1, -0.05) is 11.8 Å².